The number of hydrogen-bond acceptors (Lipinski definition) is 5. The maximum Gasteiger partial charge on any atom is 0.408 e. The van der Waals surface area contributed by atoms with Crippen molar-refractivity contribution in [1.82, 2.24) is 10.2 Å². The summed E-state index contributed by atoms with van der Waals surface area (Å²) in [6, 6.07) is 18.3. The van der Waals surface area contributed by atoms with E-state index in [9.17, 15) is 19.5 Å². The molecular formula is C32H39N3O5. The lowest BCUT2D eigenvalue weighted by Gasteiger charge is -2.34. The van der Waals surface area contributed by atoms with E-state index in [1.165, 1.54) is 4.90 Å². The Kier molecular flexibility index (Phi) is 10.4. The number of carbonyl (C=O) groups is 3. The monoisotopic (exact) mass is 545 g/mol. The molecule has 40 heavy (non-hydrogen) atoms. The van der Waals surface area contributed by atoms with Crippen molar-refractivity contribution in [2.45, 2.75) is 58.2 Å². The summed E-state index contributed by atoms with van der Waals surface area (Å²) in [5.74, 6) is -1.01. The number of alkyl carbamates (subject to hydrolysis) is 1. The first-order valence-electron chi connectivity index (χ1n) is 13.5. The standard InChI is InChI=1S/C32H39N3O5/c1-6-8-18-35(30(38)27(21-36)34-31(39)40-32(3,4)5)28(25-15-11-12-22(7-2)19-25)29(37)33-26-17-16-23-13-9-10-14-24(23)20-26/h7,9-17,19-20,27-28,36H,2,6,8,18,21H2,1,3-5H3,(H,33,37)(H,34,39). The predicted molar refractivity (Wildman–Crippen MR) is 159 cm³/mol. The van der Waals surface area contributed by atoms with Gasteiger partial charge in [-0.25, -0.2) is 4.79 Å². The third kappa shape index (κ3) is 8.16. The second kappa shape index (κ2) is 13.8. The first kappa shape index (κ1) is 30.4. The number of aliphatic hydroxyl groups is 1. The van der Waals surface area contributed by atoms with E-state index in [0.717, 1.165) is 22.8 Å². The van der Waals surface area contributed by atoms with Gasteiger partial charge in [-0.05, 0) is 67.3 Å². The lowest BCUT2D eigenvalue weighted by Crippen LogP contribution is -2.54. The molecule has 0 spiro atoms. The molecule has 0 fully saturated rings. The molecule has 0 bridgehead atoms. The van der Waals surface area contributed by atoms with Crippen molar-refractivity contribution < 1.29 is 24.2 Å². The number of amides is 3. The fraction of sp³-hybridized carbons (Fsp3) is 0.344. The quantitative estimate of drug-likeness (QED) is 0.287. The summed E-state index contributed by atoms with van der Waals surface area (Å²) in [6.45, 7) is 10.5. The number of hydrogen-bond donors (Lipinski definition) is 3. The smallest absolute Gasteiger partial charge is 0.408 e. The molecule has 0 heterocycles. The minimum absolute atomic E-state index is 0.232. The molecule has 0 aliphatic heterocycles. The van der Waals surface area contributed by atoms with Crippen LogP contribution >= 0.6 is 0 Å². The molecule has 3 N–H and O–H groups in total. The van der Waals surface area contributed by atoms with E-state index >= 15 is 0 Å². The molecule has 2 atom stereocenters. The van der Waals surface area contributed by atoms with Gasteiger partial charge in [0.2, 0.25) is 5.91 Å². The maximum absolute atomic E-state index is 14.0. The molecule has 0 radical (unpaired) electrons. The molecule has 3 aromatic rings. The van der Waals surface area contributed by atoms with E-state index in [-0.39, 0.29) is 6.54 Å². The molecule has 0 aliphatic rings. The van der Waals surface area contributed by atoms with Gasteiger partial charge >= 0.3 is 6.09 Å². The van der Waals surface area contributed by atoms with Gasteiger partial charge in [-0.1, -0.05) is 74.5 Å². The number of aliphatic hydroxyl groups excluding tert-OH is 1. The molecule has 212 valence electrons. The lowest BCUT2D eigenvalue weighted by molar-refractivity contribution is -0.141. The molecule has 3 rings (SSSR count). The molecule has 8 nitrogen and oxygen atoms in total. The minimum atomic E-state index is -1.30. The third-order valence-electron chi connectivity index (χ3n) is 6.25. The Morgan fingerprint density at radius 1 is 1.02 bits per heavy atom. The molecule has 0 aromatic heterocycles. The highest BCUT2D eigenvalue weighted by Crippen LogP contribution is 2.27. The van der Waals surface area contributed by atoms with Gasteiger partial charge in [-0.2, -0.15) is 0 Å². The van der Waals surface area contributed by atoms with Gasteiger partial charge in [-0.3, -0.25) is 9.59 Å². The first-order chi connectivity index (χ1) is 19.1. The van der Waals surface area contributed by atoms with Crippen molar-refractivity contribution in [3.8, 4) is 0 Å². The molecule has 0 saturated heterocycles. The zero-order chi connectivity index (χ0) is 29.3. The number of benzene rings is 3. The number of ether oxygens (including phenoxy) is 1. The number of carbonyl (C=O) groups excluding carboxylic acids is 3. The van der Waals surface area contributed by atoms with Gasteiger partial charge in [0, 0.05) is 12.2 Å². The number of anilines is 1. The van der Waals surface area contributed by atoms with E-state index in [4.69, 9.17) is 4.74 Å². The normalized spacial score (nSPS) is 12.7. The first-order valence-corrected chi connectivity index (χ1v) is 13.5. The average molecular weight is 546 g/mol. The Morgan fingerprint density at radius 3 is 2.40 bits per heavy atom. The number of nitrogens with zero attached hydrogens (tertiary/aromatic N) is 1. The maximum atomic E-state index is 14.0. The second-order valence-electron chi connectivity index (χ2n) is 10.6. The van der Waals surface area contributed by atoms with Gasteiger partial charge in [-0.15, -0.1) is 0 Å². The van der Waals surface area contributed by atoms with E-state index in [0.29, 0.717) is 17.7 Å². The zero-order valence-electron chi connectivity index (χ0n) is 23.6. The average Bonchev–Trinajstić information content (AvgIpc) is 2.92. The Labute approximate surface area is 236 Å². The van der Waals surface area contributed by atoms with Crippen LogP contribution in [0.4, 0.5) is 10.5 Å². The van der Waals surface area contributed by atoms with Crippen LogP contribution < -0.4 is 10.6 Å². The lowest BCUT2D eigenvalue weighted by atomic mass is 9.99. The Balaban J connectivity index is 2.01. The van der Waals surface area contributed by atoms with Gasteiger partial charge in [0.25, 0.3) is 5.91 Å². The van der Waals surface area contributed by atoms with Crippen molar-refractivity contribution in [2.24, 2.45) is 0 Å². The highest BCUT2D eigenvalue weighted by Gasteiger charge is 2.36. The predicted octanol–water partition coefficient (Wildman–Crippen LogP) is 5.68. The van der Waals surface area contributed by atoms with E-state index in [1.54, 1.807) is 45.0 Å². The van der Waals surface area contributed by atoms with E-state index < -0.39 is 42.2 Å². The fourth-order valence-corrected chi connectivity index (χ4v) is 4.34. The Bertz CT molecular complexity index is 1350. The van der Waals surface area contributed by atoms with Crippen LogP contribution in [0, 0.1) is 0 Å². The van der Waals surface area contributed by atoms with Crippen LogP contribution in [-0.2, 0) is 14.3 Å². The van der Waals surface area contributed by atoms with Crippen LogP contribution in [0.3, 0.4) is 0 Å². The van der Waals surface area contributed by atoms with E-state index in [1.807, 2.05) is 55.5 Å². The summed E-state index contributed by atoms with van der Waals surface area (Å²) >= 11 is 0. The Hall–Kier alpha value is -4.17. The number of rotatable bonds is 11. The SMILES string of the molecule is C=Cc1cccc(C(C(=O)Nc2ccc3ccccc3c2)N(CCCC)C(=O)C(CO)NC(=O)OC(C)(C)C)c1. The van der Waals surface area contributed by atoms with Crippen LogP contribution in [-0.4, -0.2) is 52.7 Å². The van der Waals surface area contributed by atoms with Crippen LogP contribution in [0.2, 0.25) is 0 Å². The number of nitrogens with one attached hydrogen (secondary N) is 2. The minimum Gasteiger partial charge on any atom is -0.444 e. The number of unbranched alkanes of at least 4 members (excludes halogenated alkanes) is 1. The topological polar surface area (TPSA) is 108 Å². The van der Waals surface area contributed by atoms with Crippen LogP contribution in [0.5, 0.6) is 0 Å². The molecular weight excluding hydrogens is 506 g/mol. The summed E-state index contributed by atoms with van der Waals surface area (Å²) in [7, 11) is 0. The van der Waals surface area contributed by atoms with Crippen LogP contribution in [0.25, 0.3) is 16.8 Å². The van der Waals surface area contributed by atoms with E-state index in [2.05, 4.69) is 17.2 Å². The summed E-state index contributed by atoms with van der Waals surface area (Å²) in [5.41, 5.74) is 1.16. The number of fused-ring (bicyclic) bond motifs is 1. The van der Waals surface area contributed by atoms with Crippen molar-refractivity contribution in [2.75, 3.05) is 18.5 Å². The third-order valence-corrected chi connectivity index (χ3v) is 6.25. The highest BCUT2D eigenvalue weighted by atomic mass is 16.6. The molecule has 3 amide bonds. The largest absolute Gasteiger partial charge is 0.444 e. The van der Waals surface area contributed by atoms with Gasteiger partial charge in [0.15, 0.2) is 0 Å². The van der Waals surface area contributed by atoms with Gasteiger partial charge in [0.05, 0.1) is 6.61 Å². The molecule has 0 saturated carbocycles. The fourth-order valence-electron chi connectivity index (χ4n) is 4.34. The van der Waals surface area contributed by atoms with Crippen molar-refractivity contribution in [3.63, 3.8) is 0 Å². The van der Waals surface area contributed by atoms with Gasteiger partial charge in [0.1, 0.15) is 17.7 Å². The van der Waals surface area contributed by atoms with Gasteiger partial charge < -0.3 is 25.4 Å². The molecule has 3 aromatic carbocycles. The summed E-state index contributed by atoms with van der Waals surface area (Å²) in [5, 5.41) is 17.5. The highest BCUT2D eigenvalue weighted by molar-refractivity contribution is 6.00. The van der Waals surface area contributed by atoms with Crippen molar-refractivity contribution in [1.29, 1.82) is 0 Å². The molecule has 8 heteroatoms. The van der Waals surface area contributed by atoms with Crippen molar-refractivity contribution in [3.05, 3.63) is 84.4 Å². The van der Waals surface area contributed by atoms with Crippen LogP contribution in [0.15, 0.2) is 73.3 Å². The Morgan fingerprint density at radius 2 is 1.75 bits per heavy atom. The summed E-state index contributed by atoms with van der Waals surface area (Å²) < 4.78 is 5.30. The molecule has 2 unspecified atom stereocenters. The van der Waals surface area contributed by atoms with Crippen molar-refractivity contribution >= 4 is 40.4 Å². The zero-order valence-corrected chi connectivity index (χ0v) is 23.6. The van der Waals surface area contributed by atoms with Crippen LogP contribution in [0.1, 0.15) is 57.7 Å². The summed E-state index contributed by atoms with van der Waals surface area (Å²) in [4.78, 5) is 41.7. The summed E-state index contributed by atoms with van der Waals surface area (Å²) in [6.07, 6.45) is 2.21. The second-order valence-corrected chi connectivity index (χ2v) is 10.6. The molecule has 0 aliphatic carbocycles.